The topological polar surface area (TPSA) is 38.8 Å². The maximum atomic E-state index is 12.3. The Balaban J connectivity index is 1.34. The molecule has 0 aromatic heterocycles. The molecule has 0 radical (unpaired) electrons. The summed E-state index contributed by atoms with van der Waals surface area (Å²) in [6.45, 7) is 10.9. The van der Waals surface area contributed by atoms with Crippen molar-refractivity contribution in [3.05, 3.63) is 34.9 Å². The molecule has 0 atom stereocenters. The number of nitrogens with one attached hydrogen (secondary N) is 1. The van der Waals surface area contributed by atoms with E-state index in [1.165, 1.54) is 5.56 Å². The van der Waals surface area contributed by atoms with E-state index in [9.17, 15) is 4.79 Å². The third-order valence-corrected chi connectivity index (χ3v) is 5.80. The lowest BCUT2D eigenvalue weighted by molar-refractivity contribution is -0.123. The average molecular weight is 379 g/mol. The number of piperazine rings is 1. The molecule has 144 valence electrons. The number of amides is 1. The van der Waals surface area contributed by atoms with Crippen LogP contribution >= 0.6 is 11.6 Å². The highest BCUT2D eigenvalue weighted by Gasteiger charge is 2.22. The van der Waals surface area contributed by atoms with Crippen molar-refractivity contribution in [2.75, 3.05) is 52.4 Å². The maximum Gasteiger partial charge on any atom is 0.234 e. The van der Waals surface area contributed by atoms with E-state index < -0.39 is 0 Å². The number of rotatable bonds is 6. The highest BCUT2D eigenvalue weighted by atomic mass is 35.5. The number of hydrogen-bond donors (Lipinski definition) is 1. The molecule has 0 saturated carbocycles. The van der Waals surface area contributed by atoms with E-state index in [4.69, 9.17) is 11.6 Å². The Morgan fingerprint density at radius 2 is 1.62 bits per heavy atom. The lowest BCUT2D eigenvalue weighted by Crippen LogP contribution is -2.51. The number of carbonyl (C=O) groups excluding carboxylic acids is 1. The van der Waals surface area contributed by atoms with E-state index in [2.05, 4.69) is 39.1 Å². The van der Waals surface area contributed by atoms with Crippen LogP contribution in [0.5, 0.6) is 0 Å². The van der Waals surface area contributed by atoms with Crippen LogP contribution in [-0.2, 0) is 11.3 Å². The highest BCUT2D eigenvalue weighted by molar-refractivity contribution is 6.30. The molecule has 2 aliphatic rings. The van der Waals surface area contributed by atoms with Crippen molar-refractivity contribution < 1.29 is 4.79 Å². The summed E-state index contributed by atoms with van der Waals surface area (Å²) >= 11 is 5.95. The van der Waals surface area contributed by atoms with E-state index in [-0.39, 0.29) is 5.91 Å². The molecule has 0 bridgehead atoms. The molecule has 1 aromatic rings. The molecule has 1 N–H and O–H groups in total. The van der Waals surface area contributed by atoms with Gasteiger partial charge in [0, 0.05) is 56.9 Å². The van der Waals surface area contributed by atoms with Crippen LogP contribution < -0.4 is 5.32 Å². The monoisotopic (exact) mass is 378 g/mol. The largest absolute Gasteiger partial charge is 0.352 e. The molecule has 2 aliphatic heterocycles. The minimum atomic E-state index is 0.186. The second-order valence-electron chi connectivity index (χ2n) is 7.45. The van der Waals surface area contributed by atoms with Gasteiger partial charge in [-0.05, 0) is 37.1 Å². The molecule has 0 unspecified atom stereocenters. The van der Waals surface area contributed by atoms with Gasteiger partial charge in [-0.25, -0.2) is 0 Å². The highest BCUT2D eigenvalue weighted by Crippen LogP contribution is 2.13. The fraction of sp³-hybridized carbons (Fsp3) is 0.650. The van der Waals surface area contributed by atoms with Crippen molar-refractivity contribution in [1.82, 2.24) is 20.0 Å². The quantitative estimate of drug-likeness (QED) is 0.822. The first-order valence-electron chi connectivity index (χ1n) is 9.83. The minimum absolute atomic E-state index is 0.186. The third-order valence-electron chi connectivity index (χ3n) is 5.55. The molecule has 3 rings (SSSR count). The molecule has 26 heavy (non-hydrogen) atoms. The lowest BCUT2D eigenvalue weighted by Gasteiger charge is -2.35. The van der Waals surface area contributed by atoms with Crippen LogP contribution in [-0.4, -0.2) is 79.0 Å². The molecule has 2 saturated heterocycles. The molecule has 0 aliphatic carbocycles. The van der Waals surface area contributed by atoms with Crippen LogP contribution in [0.1, 0.15) is 25.3 Å². The zero-order valence-corrected chi connectivity index (χ0v) is 16.5. The van der Waals surface area contributed by atoms with Gasteiger partial charge in [-0.1, -0.05) is 30.7 Å². The number of benzene rings is 1. The smallest absolute Gasteiger partial charge is 0.234 e. The van der Waals surface area contributed by atoms with Crippen molar-refractivity contribution in [2.45, 2.75) is 32.4 Å². The summed E-state index contributed by atoms with van der Waals surface area (Å²) in [5.41, 5.74) is 1.29. The fourth-order valence-electron chi connectivity index (χ4n) is 3.82. The fourth-order valence-corrected chi connectivity index (χ4v) is 3.95. The Kier molecular flexibility index (Phi) is 7.32. The van der Waals surface area contributed by atoms with Crippen molar-refractivity contribution in [1.29, 1.82) is 0 Å². The van der Waals surface area contributed by atoms with Gasteiger partial charge in [0.05, 0.1) is 6.54 Å². The number of likely N-dealkylation sites (tertiary alicyclic amines) is 1. The van der Waals surface area contributed by atoms with Gasteiger partial charge in [-0.2, -0.15) is 0 Å². The molecule has 6 heteroatoms. The van der Waals surface area contributed by atoms with Gasteiger partial charge in [-0.3, -0.25) is 14.6 Å². The Labute approximate surface area is 162 Å². The molecule has 1 aromatic carbocycles. The Morgan fingerprint density at radius 3 is 2.23 bits per heavy atom. The predicted molar refractivity (Wildman–Crippen MR) is 106 cm³/mol. The molecule has 2 heterocycles. The summed E-state index contributed by atoms with van der Waals surface area (Å²) in [6, 6.07) is 8.43. The van der Waals surface area contributed by atoms with Gasteiger partial charge in [0.2, 0.25) is 5.91 Å². The van der Waals surface area contributed by atoms with Crippen molar-refractivity contribution >= 4 is 17.5 Å². The SMILES string of the molecule is CCN1CCC(NC(=O)CN2CCN(Cc3ccc(Cl)cc3)CC2)CC1. The summed E-state index contributed by atoms with van der Waals surface area (Å²) in [5, 5.41) is 4.02. The van der Waals surface area contributed by atoms with Crippen LogP contribution in [0.4, 0.5) is 0 Å². The van der Waals surface area contributed by atoms with Gasteiger partial charge in [0.1, 0.15) is 0 Å². The van der Waals surface area contributed by atoms with Crippen molar-refractivity contribution in [2.24, 2.45) is 0 Å². The third kappa shape index (κ3) is 5.95. The van der Waals surface area contributed by atoms with Gasteiger partial charge < -0.3 is 10.2 Å². The standard InChI is InChI=1S/C20H31ClN4O/c1-2-23-9-7-19(8-10-23)22-20(26)16-25-13-11-24(12-14-25)15-17-3-5-18(21)6-4-17/h3-6,19H,2,7-16H2,1H3,(H,22,26). The van der Waals surface area contributed by atoms with Crippen LogP contribution in [0.25, 0.3) is 0 Å². The number of halogens is 1. The molecular formula is C20H31ClN4O. The second kappa shape index (κ2) is 9.70. The predicted octanol–water partition coefficient (Wildman–Crippen LogP) is 2.06. The summed E-state index contributed by atoms with van der Waals surface area (Å²) < 4.78 is 0. The Morgan fingerprint density at radius 1 is 1.00 bits per heavy atom. The van der Waals surface area contributed by atoms with Gasteiger partial charge in [0.15, 0.2) is 0 Å². The molecular weight excluding hydrogens is 348 g/mol. The molecule has 1 amide bonds. The van der Waals surface area contributed by atoms with Gasteiger partial charge in [0.25, 0.3) is 0 Å². The van der Waals surface area contributed by atoms with E-state index in [0.717, 1.165) is 70.2 Å². The molecule has 0 spiro atoms. The van der Waals surface area contributed by atoms with E-state index in [1.807, 2.05) is 12.1 Å². The number of hydrogen-bond acceptors (Lipinski definition) is 4. The summed E-state index contributed by atoms with van der Waals surface area (Å²) in [5.74, 6) is 0.186. The van der Waals surface area contributed by atoms with Crippen LogP contribution in [0, 0.1) is 0 Å². The summed E-state index contributed by atoms with van der Waals surface area (Å²) in [4.78, 5) is 19.5. The van der Waals surface area contributed by atoms with Crippen molar-refractivity contribution in [3.63, 3.8) is 0 Å². The minimum Gasteiger partial charge on any atom is -0.352 e. The Hall–Kier alpha value is -1.14. The molecule has 5 nitrogen and oxygen atoms in total. The zero-order chi connectivity index (χ0) is 18.4. The van der Waals surface area contributed by atoms with E-state index in [0.29, 0.717) is 12.6 Å². The lowest BCUT2D eigenvalue weighted by atomic mass is 10.1. The van der Waals surface area contributed by atoms with Crippen LogP contribution in [0.15, 0.2) is 24.3 Å². The summed E-state index contributed by atoms with van der Waals surface area (Å²) in [7, 11) is 0. The maximum absolute atomic E-state index is 12.3. The average Bonchev–Trinajstić information content (AvgIpc) is 2.66. The van der Waals surface area contributed by atoms with Gasteiger partial charge in [-0.15, -0.1) is 0 Å². The first-order valence-corrected chi connectivity index (χ1v) is 10.2. The van der Waals surface area contributed by atoms with Crippen LogP contribution in [0.3, 0.4) is 0 Å². The Bertz CT molecular complexity index is 564. The second-order valence-corrected chi connectivity index (χ2v) is 7.89. The molecule has 2 fully saturated rings. The first-order chi connectivity index (χ1) is 12.6. The van der Waals surface area contributed by atoms with Gasteiger partial charge >= 0.3 is 0 Å². The number of nitrogens with zero attached hydrogens (tertiary/aromatic N) is 3. The number of piperidine rings is 1. The van der Waals surface area contributed by atoms with Crippen LogP contribution in [0.2, 0.25) is 5.02 Å². The number of carbonyl (C=O) groups is 1. The van der Waals surface area contributed by atoms with Crippen molar-refractivity contribution in [3.8, 4) is 0 Å². The summed E-state index contributed by atoms with van der Waals surface area (Å²) in [6.07, 6.45) is 2.16. The first kappa shape index (κ1) is 19.6. The normalized spacial score (nSPS) is 21.0. The van der Waals surface area contributed by atoms with E-state index in [1.54, 1.807) is 0 Å². The zero-order valence-electron chi connectivity index (χ0n) is 15.8. The van der Waals surface area contributed by atoms with E-state index >= 15 is 0 Å².